The molecule has 102 valence electrons. The Morgan fingerprint density at radius 3 is 2.45 bits per heavy atom. The first kappa shape index (κ1) is 12.9. The fourth-order valence-corrected chi connectivity index (χ4v) is 2.52. The second kappa shape index (κ2) is 5.87. The van der Waals surface area contributed by atoms with Crippen molar-refractivity contribution >= 4 is 11.5 Å². The first-order chi connectivity index (χ1) is 9.86. The third-order valence-electron chi connectivity index (χ3n) is 3.78. The van der Waals surface area contributed by atoms with Gasteiger partial charge in [-0.25, -0.2) is 9.97 Å². The minimum atomic E-state index is 0.823. The van der Waals surface area contributed by atoms with Crippen LogP contribution in [-0.2, 0) is 6.42 Å². The van der Waals surface area contributed by atoms with Crippen LogP contribution in [-0.4, -0.2) is 23.1 Å². The number of aryl methyl sites for hydroxylation is 1. The second-order valence-corrected chi connectivity index (χ2v) is 5.02. The van der Waals surface area contributed by atoms with Crippen molar-refractivity contribution < 1.29 is 0 Å². The van der Waals surface area contributed by atoms with E-state index in [9.17, 15) is 0 Å². The van der Waals surface area contributed by atoms with Gasteiger partial charge in [0.1, 0.15) is 0 Å². The normalized spacial score (nSPS) is 15.1. The molecule has 0 amide bonds. The molecule has 1 aliphatic heterocycles. The quantitative estimate of drug-likeness (QED) is 0.852. The Labute approximate surface area is 120 Å². The van der Waals surface area contributed by atoms with Gasteiger partial charge in [0.25, 0.3) is 0 Å². The van der Waals surface area contributed by atoms with Crippen molar-refractivity contribution in [1.29, 1.82) is 0 Å². The van der Waals surface area contributed by atoms with Crippen LogP contribution in [0.2, 0.25) is 0 Å². The predicted molar refractivity (Wildman–Crippen MR) is 82.7 cm³/mol. The summed E-state index contributed by atoms with van der Waals surface area (Å²) in [6.07, 6.45) is 8.03. The van der Waals surface area contributed by atoms with Gasteiger partial charge in [0.2, 0.25) is 5.95 Å². The highest BCUT2D eigenvalue weighted by Crippen LogP contribution is 2.24. The van der Waals surface area contributed by atoms with E-state index in [-0.39, 0.29) is 0 Å². The number of aromatic nitrogens is 2. The summed E-state index contributed by atoms with van der Waals surface area (Å²) in [5.74, 6) is 0.823. The standard InChI is InChI=1S/C17H19N3/c1-2-14-4-6-15(7-5-14)16-8-12-20(13-9-16)17-18-10-3-11-19-17/h3-8,10-11H,2,9,12-13H2,1H3. The Morgan fingerprint density at radius 2 is 1.85 bits per heavy atom. The van der Waals surface area contributed by atoms with Crippen LogP contribution >= 0.6 is 0 Å². The van der Waals surface area contributed by atoms with Crippen molar-refractivity contribution in [2.45, 2.75) is 19.8 Å². The maximum absolute atomic E-state index is 4.31. The molecule has 0 radical (unpaired) electrons. The highest BCUT2D eigenvalue weighted by Gasteiger charge is 2.14. The van der Waals surface area contributed by atoms with Gasteiger partial charge < -0.3 is 4.90 Å². The SMILES string of the molecule is CCc1ccc(C2=CCN(c3ncccn3)CC2)cc1. The average Bonchev–Trinajstić information content (AvgIpc) is 2.56. The molecule has 2 heterocycles. The molecule has 20 heavy (non-hydrogen) atoms. The summed E-state index contributed by atoms with van der Waals surface area (Å²) in [6, 6.07) is 10.8. The minimum Gasteiger partial charge on any atom is -0.337 e. The first-order valence-electron chi connectivity index (χ1n) is 7.17. The van der Waals surface area contributed by atoms with E-state index in [1.165, 1.54) is 16.7 Å². The summed E-state index contributed by atoms with van der Waals surface area (Å²) in [6.45, 7) is 4.05. The van der Waals surface area contributed by atoms with Gasteiger partial charge in [-0.2, -0.15) is 0 Å². The second-order valence-electron chi connectivity index (χ2n) is 5.02. The van der Waals surface area contributed by atoms with Gasteiger partial charge in [-0.05, 0) is 35.6 Å². The molecule has 2 aromatic rings. The van der Waals surface area contributed by atoms with E-state index in [4.69, 9.17) is 0 Å². The van der Waals surface area contributed by atoms with Gasteiger partial charge in [0.15, 0.2) is 0 Å². The molecular weight excluding hydrogens is 246 g/mol. The van der Waals surface area contributed by atoms with Crippen LogP contribution in [0.5, 0.6) is 0 Å². The molecule has 0 saturated heterocycles. The van der Waals surface area contributed by atoms with Crippen molar-refractivity contribution in [1.82, 2.24) is 9.97 Å². The summed E-state index contributed by atoms with van der Waals surface area (Å²) in [5.41, 5.74) is 4.17. The van der Waals surface area contributed by atoms with Crippen LogP contribution in [0.1, 0.15) is 24.5 Å². The molecule has 0 spiro atoms. The Hall–Kier alpha value is -2.16. The first-order valence-corrected chi connectivity index (χ1v) is 7.17. The number of hydrogen-bond donors (Lipinski definition) is 0. The van der Waals surface area contributed by atoms with Gasteiger partial charge in [0.05, 0.1) is 0 Å². The molecule has 3 nitrogen and oxygen atoms in total. The number of rotatable bonds is 3. The third-order valence-corrected chi connectivity index (χ3v) is 3.78. The van der Waals surface area contributed by atoms with E-state index < -0.39 is 0 Å². The zero-order valence-electron chi connectivity index (χ0n) is 11.8. The minimum absolute atomic E-state index is 0.823. The monoisotopic (exact) mass is 265 g/mol. The molecule has 1 aromatic heterocycles. The highest BCUT2D eigenvalue weighted by molar-refractivity contribution is 5.68. The van der Waals surface area contributed by atoms with E-state index in [0.29, 0.717) is 0 Å². The molecule has 3 heteroatoms. The molecule has 0 atom stereocenters. The number of nitrogens with zero attached hydrogens (tertiary/aromatic N) is 3. The van der Waals surface area contributed by atoms with Crippen molar-refractivity contribution in [2.75, 3.05) is 18.0 Å². The smallest absolute Gasteiger partial charge is 0.225 e. The Kier molecular flexibility index (Phi) is 3.77. The molecule has 0 bridgehead atoms. The Balaban J connectivity index is 1.73. The summed E-state index contributed by atoms with van der Waals surface area (Å²) < 4.78 is 0. The molecule has 3 rings (SSSR count). The molecule has 0 fully saturated rings. The lowest BCUT2D eigenvalue weighted by Crippen LogP contribution is -2.29. The topological polar surface area (TPSA) is 29.0 Å². The summed E-state index contributed by atoms with van der Waals surface area (Å²) in [4.78, 5) is 10.8. The Morgan fingerprint density at radius 1 is 1.10 bits per heavy atom. The highest BCUT2D eigenvalue weighted by atomic mass is 15.2. The number of hydrogen-bond acceptors (Lipinski definition) is 3. The van der Waals surface area contributed by atoms with E-state index in [2.05, 4.69) is 52.1 Å². The average molecular weight is 265 g/mol. The van der Waals surface area contributed by atoms with Crippen LogP contribution in [0.4, 0.5) is 5.95 Å². The van der Waals surface area contributed by atoms with Crippen LogP contribution in [0, 0.1) is 0 Å². The van der Waals surface area contributed by atoms with E-state index in [1.54, 1.807) is 12.4 Å². The zero-order valence-corrected chi connectivity index (χ0v) is 11.8. The lowest BCUT2D eigenvalue weighted by atomic mass is 9.98. The third kappa shape index (κ3) is 2.72. The van der Waals surface area contributed by atoms with Crippen LogP contribution in [0.15, 0.2) is 48.8 Å². The number of benzene rings is 1. The molecular formula is C17H19N3. The van der Waals surface area contributed by atoms with Gasteiger partial charge in [-0.1, -0.05) is 37.3 Å². The zero-order chi connectivity index (χ0) is 13.8. The molecule has 0 unspecified atom stereocenters. The summed E-state index contributed by atoms with van der Waals surface area (Å²) >= 11 is 0. The van der Waals surface area contributed by atoms with Gasteiger partial charge in [-0.15, -0.1) is 0 Å². The molecule has 1 aliphatic rings. The fraction of sp³-hybridized carbons (Fsp3) is 0.294. The van der Waals surface area contributed by atoms with Gasteiger partial charge >= 0.3 is 0 Å². The number of anilines is 1. The predicted octanol–water partition coefficient (Wildman–Crippen LogP) is 3.33. The van der Waals surface area contributed by atoms with E-state index in [1.807, 2.05) is 6.07 Å². The van der Waals surface area contributed by atoms with E-state index in [0.717, 1.165) is 31.9 Å². The summed E-state index contributed by atoms with van der Waals surface area (Å²) in [7, 11) is 0. The van der Waals surface area contributed by atoms with Crippen LogP contribution in [0.3, 0.4) is 0 Å². The molecule has 0 N–H and O–H groups in total. The van der Waals surface area contributed by atoms with Crippen molar-refractivity contribution in [3.8, 4) is 0 Å². The van der Waals surface area contributed by atoms with Gasteiger partial charge in [-0.3, -0.25) is 0 Å². The van der Waals surface area contributed by atoms with Crippen LogP contribution in [0.25, 0.3) is 5.57 Å². The van der Waals surface area contributed by atoms with Crippen molar-refractivity contribution in [2.24, 2.45) is 0 Å². The summed E-state index contributed by atoms with van der Waals surface area (Å²) in [5, 5.41) is 0. The lowest BCUT2D eigenvalue weighted by Gasteiger charge is -2.26. The fourth-order valence-electron chi connectivity index (χ4n) is 2.52. The van der Waals surface area contributed by atoms with Gasteiger partial charge in [0, 0.05) is 25.5 Å². The van der Waals surface area contributed by atoms with Crippen molar-refractivity contribution in [3.05, 3.63) is 59.9 Å². The molecule has 0 saturated carbocycles. The van der Waals surface area contributed by atoms with E-state index >= 15 is 0 Å². The lowest BCUT2D eigenvalue weighted by molar-refractivity contribution is 0.796. The Bertz CT molecular complexity index is 587. The largest absolute Gasteiger partial charge is 0.337 e. The molecule has 0 aliphatic carbocycles. The molecule has 1 aromatic carbocycles. The van der Waals surface area contributed by atoms with Crippen LogP contribution < -0.4 is 4.90 Å². The maximum atomic E-state index is 4.31. The maximum Gasteiger partial charge on any atom is 0.225 e. The van der Waals surface area contributed by atoms with Crippen molar-refractivity contribution in [3.63, 3.8) is 0 Å².